The van der Waals surface area contributed by atoms with Crippen molar-refractivity contribution in [2.24, 2.45) is 5.73 Å². The molecule has 0 spiro atoms. The Bertz CT molecular complexity index is 241. The Balaban J connectivity index is 3.45. The van der Waals surface area contributed by atoms with Gasteiger partial charge in [0.05, 0.1) is 6.10 Å². The van der Waals surface area contributed by atoms with E-state index in [9.17, 15) is 9.90 Å². The maximum absolute atomic E-state index is 10.5. The summed E-state index contributed by atoms with van der Waals surface area (Å²) >= 11 is 0. The minimum atomic E-state index is -1.17. The molecule has 4 N–H and O–H groups in total. The molecular weight excluding hydrogens is 230 g/mol. The predicted molar refractivity (Wildman–Crippen MR) is 73.4 cm³/mol. The highest BCUT2D eigenvalue weighted by molar-refractivity contribution is 5.73. The van der Waals surface area contributed by atoms with Crippen LogP contribution < -0.4 is 5.73 Å². The van der Waals surface area contributed by atoms with Crippen molar-refractivity contribution in [2.75, 3.05) is 0 Å². The minimum Gasteiger partial charge on any atom is -0.480 e. The van der Waals surface area contributed by atoms with Gasteiger partial charge in [-0.05, 0) is 25.7 Å². The van der Waals surface area contributed by atoms with E-state index in [1.807, 2.05) is 6.08 Å². The summed E-state index contributed by atoms with van der Waals surface area (Å²) in [6, 6.07) is -1.17. The van der Waals surface area contributed by atoms with Gasteiger partial charge in [-0.1, -0.05) is 44.8 Å². The van der Waals surface area contributed by atoms with Crippen LogP contribution in [0.4, 0.5) is 0 Å². The molecule has 0 saturated carbocycles. The summed E-state index contributed by atoms with van der Waals surface area (Å²) in [5.74, 6) is -1.15. The van der Waals surface area contributed by atoms with Crippen molar-refractivity contribution in [3.05, 3.63) is 12.2 Å². The number of carboxylic acid groups (broad SMARTS) is 1. The molecule has 0 fully saturated rings. The number of carbonyl (C=O) groups is 1. The number of aliphatic carboxylic acids is 1. The molecular formula is C14H27NO3. The molecule has 0 aliphatic heterocycles. The normalized spacial score (nSPS) is 14.8. The summed E-state index contributed by atoms with van der Waals surface area (Å²) in [7, 11) is 0. The van der Waals surface area contributed by atoms with Crippen LogP contribution in [0, 0.1) is 0 Å². The third-order valence-electron chi connectivity index (χ3n) is 2.97. The van der Waals surface area contributed by atoms with Crippen molar-refractivity contribution < 1.29 is 15.0 Å². The SMILES string of the molecule is CCCCCCC/C=C/CC[C@H](O)C(N)C(=O)O. The van der Waals surface area contributed by atoms with Gasteiger partial charge in [0.1, 0.15) is 6.04 Å². The van der Waals surface area contributed by atoms with Crippen molar-refractivity contribution in [3.63, 3.8) is 0 Å². The fourth-order valence-corrected chi connectivity index (χ4v) is 1.71. The molecule has 4 heteroatoms. The molecule has 18 heavy (non-hydrogen) atoms. The van der Waals surface area contributed by atoms with E-state index in [-0.39, 0.29) is 0 Å². The number of aliphatic hydroxyl groups is 1. The van der Waals surface area contributed by atoms with Crippen LogP contribution in [0.3, 0.4) is 0 Å². The summed E-state index contributed by atoms with van der Waals surface area (Å²) in [6.45, 7) is 2.20. The van der Waals surface area contributed by atoms with Crippen LogP contribution in [0.25, 0.3) is 0 Å². The van der Waals surface area contributed by atoms with Crippen LogP contribution >= 0.6 is 0 Å². The van der Waals surface area contributed by atoms with Gasteiger partial charge in [0.2, 0.25) is 0 Å². The van der Waals surface area contributed by atoms with Crippen LogP contribution in [0.15, 0.2) is 12.2 Å². The van der Waals surface area contributed by atoms with Crippen molar-refractivity contribution in [3.8, 4) is 0 Å². The predicted octanol–water partition coefficient (Wildman–Crippen LogP) is 2.46. The lowest BCUT2D eigenvalue weighted by molar-refractivity contribution is -0.141. The van der Waals surface area contributed by atoms with Gasteiger partial charge in [-0.15, -0.1) is 0 Å². The number of nitrogens with two attached hydrogens (primary N) is 1. The van der Waals surface area contributed by atoms with Crippen LogP contribution in [0.2, 0.25) is 0 Å². The smallest absolute Gasteiger partial charge is 0.323 e. The van der Waals surface area contributed by atoms with E-state index in [1.165, 1.54) is 32.1 Å². The van der Waals surface area contributed by atoms with Crippen molar-refractivity contribution in [1.82, 2.24) is 0 Å². The van der Waals surface area contributed by atoms with E-state index < -0.39 is 18.1 Å². The first-order valence-corrected chi connectivity index (χ1v) is 6.91. The summed E-state index contributed by atoms with van der Waals surface area (Å²) in [5, 5.41) is 18.0. The zero-order valence-corrected chi connectivity index (χ0v) is 11.3. The number of hydrogen-bond donors (Lipinski definition) is 3. The zero-order valence-electron chi connectivity index (χ0n) is 11.3. The molecule has 0 amide bonds. The highest BCUT2D eigenvalue weighted by Crippen LogP contribution is 2.07. The molecule has 106 valence electrons. The topological polar surface area (TPSA) is 83.5 Å². The van der Waals surface area contributed by atoms with Gasteiger partial charge in [0, 0.05) is 0 Å². The maximum Gasteiger partial charge on any atom is 0.323 e. The average molecular weight is 257 g/mol. The van der Waals surface area contributed by atoms with Crippen LogP contribution in [0.1, 0.15) is 58.3 Å². The molecule has 0 aromatic carbocycles. The second-order valence-electron chi connectivity index (χ2n) is 4.68. The zero-order chi connectivity index (χ0) is 13.8. The lowest BCUT2D eigenvalue weighted by atomic mass is 10.1. The van der Waals surface area contributed by atoms with E-state index in [0.717, 1.165) is 6.42 Å². The fourth-order valence-electron chi connectivity index (χ4n) is 1.71. The van der Waals surface area contributed by atoms with E-state index in [4.69, 9.17) is 10.8 Å². The van der Waals surface area contributed by atoms with Crippen LogP contribution in [-0.2, 0) is 4.79 Å². The van der Waals surface area contributed by atoms with Crippen molar-refractivity contribution in [1.29, 1.82) is 0 Å². The van der Waals surface area contributed by atoms with Gasteiger partial charge < -0.3 is 15.9 Å². The Morgan fingerprint density at radius 2 is 1.78 bits per heavy atom. The monoisotopic (exact) mass is 257 g/mol. The van der Waals surface area contributed by atoms with Gasteiger partial charge in [-0.2, -0.15) is 0 Å². The molecule has 0 bridgehead atoms. The molecule has 0 saturated heterocycles. The molecule has 0 aliphatic carbocycles. The van der Waals surface area contributed by atoms with Crippen molar-refractivity contribution >= 4 is 5.97 Å². The molecule has 0 aromatic rings. The second-order valence-corrected chi connectivity index (χ2v) is 4.68. The molecule has 4 nitrogen and oxygen atoms in total. The highest BCUT2D eigenvalue weighted by Gasteiger charge is 2.20. The van der Waals surface area contributed by atoms with Gasteiger partial charge in [-0.25, -0.2) is 0 Å². The third kappa shape index (κ3) is 9.19. The van der Waals surface area contributed by atoms with E-state index in [1.54, 1.807) is 0 Å². The number of unbranched alkanes of at least 4 members (excludes halogenated alkanes) is 5. The number of carboxylic acids is 1. The largest absolute Gasteiger partial charge is 0.480 e. The quantitative estimate of drug-likeness (QED) is 0.392. The van der Waals surface area contributed by atoms with Gasteiger partial charge in [-0.3, -0.25) is 4.79 Å². The average Bonchev–Trinajstić information content (AvgIpc) is 2.35. The molecule has 0 aliphatic rings. The number of aliphatic hydroxyl groups excluding tert-OH is 1. The molecule has 0 heterocycles. The number of allylic oxidation sites excluding steroid dienone is 2. The summed E-state index contributed by atoms with van der Waals surface area (Å²) in [6.07, 6.45) is 11.6. The molecule has 0 rings (SSSR count). The standard InChI is InChI=1S/C14H27NO3/c1-2-3-4-5-6-7-8-9-10-11-12(16)13(15)14(17)18/h8-9,12-13,16H,2-7,10-11,15H2,1H3,(H,17,18)/b9-8+/t12-,13?/m0/s1. The Hall–Kier alpha value is -0.870. The van der Waals surface area contributed by atoms with Crippen LogP contribution in [-0.4, -0.2) is 28.3 Å². The molecule has 2 atom stereocenters. The number of rotatable bonds is 11. The Morgan fingerprint density at radius 3 is 2.39 bits per heavy atom. The van der Waals surface area contributed by atoms with Crippen molar-refractivity contribution in [2.45, 2.75) is 70.4 Å². The van der Waals surface area contributed by atoms with Gasteiger partial charge in [0.25, 0.3) is 0 Å². The van der Waals surface area contributed by atoms with E-state index >= 15 is 0 Å². The van der Waals surface area contributed by atoms with E-state index in [2.05, 4.69) is 13.0 Å². The first-order valence-electron chi connectivity index (χ1n) is 6.91. The summed E-state index contributed by atoms with van der Waals surface area (Å²) in [4.78, 5) is 10.5. The Kier molecular flexibility index (Phi) is 10.7. The second kappa shape index (κ2) is 11.2. The Labute approximate surface area is 110 Å². The first-order chi connectivity index (χ1) is 8.59. The lowest BCUT2D eigenvalue weighted by Gasteiger charge is -2.13. The summed E-state index contributed by atoms with van der Waals surface area (Å²) < 4.78 is 0. The van der Waals surface area contributed by atoms with Gasteiger partial charge in [0.15, 0.2) is 0 Å². The maximum atomic E-state index is 10.5. The lowest BCUT2D eigenvalue weighted by Crippen LogP contribution is -2.41. The Morgan fingerprint density at radius 1 is 1.17 bits per heavy atom. The summed E-state index contributed by atoms with van der Waals surface area (Å²) in [5.41, 5.74) is 5.30. The first kappa shape index (κ1) is 17.1. The molecule has 1 unspecified atom stereocenters. The van der Waals surface area contributed by atoms with E-state index in [0.29, 0.717) is 12.8 Å². The van der Waals surface area contributed by atoms with Crippen LogP contribution in [0.5, 0.6) is 0 Å². The third-order valence-corrected chi connectivity index (χ3v) is 2.97. The fraction of sp³-hybridized carbons (Fsp3) is 0.786. The number of hydrogen-bond acceptors (Lipinski definition) is 3. The molecule has 0 radical (unpaired) electrons. The molecule has 0 aromatic heterocycles. The minimum absolute atomic E-state index is 0.403. The van der Waals surface area contributed by atoms with Gasteiger partial charge >= 0.3 is 5.97 Å². The highest BCUT2D eigenvalue weighted by atomic mass is 16.4.